The second-order valence-electron chi connectivity index (χ2n) is 7.83. The molecule has 0 unspecified atom stereocenters. The first-order valence-corrected chi connectivity index (χ1v) is 10.0. The maximum absolute atomic E-state index is 13.2. The van der Waals surface area contributed by atoms with Gasteiger partial charge < -0.3 is 18.9 Å². The topological polar surface area (TPSA) is 66.9 Å². The van der Waals surface area contributed by atoms with Crippen LogP contribution >= 0.6 is 0 Å². The van der Waals surface area contributed by atoms with E-state index in [1.165, 1.54) is 0 Å². The Morgan fingerprint density at radius 2 is 1.53 bits per heavy atom. The van der Waals surface area contributed by atoms with Crippen molar-refractivity contribution in [2.75, 3.05) is 13.6 Å². The molecule has 2 aliphatic heterocycles. The summed E-state index contributed by atoms with van der Waals surface area (Å²) in [4.78, 5) is 18.0. The van der Waals surface area contributed by atoms with Crippen molar-refractivity contribution < 1.29 is 23.7 Å². The summed E-state index contributed by atoms with van der Waals surface area (Å²) in [5, 5.41) is 0. The smallest absolute Gasteiger partial charge is 0.231 e. The van der Waals surface area contributed by atoms with E-state index in [1.54, 1.807) is 0 Å². The van der Waals surface area contributed by atoms with Crippen LogP contribution in [0.4, 0.5) is 0 Å². The molecule has 1 aliphatic carbocycles. The monoisotopic (exact) mass is 401 g/mol. The van der Waals surface area contributed by atoms with E-state index in [9.17, 15) is 4.79 Å². The highest BCUT2D eigenvalue weighted by molar-refractivity contribution is 5.94. The van der Waals surface area contributed by atoms with E-state index in [4.69, 9.17) is 23.9 Å². The molecule has 2 aromatic carbocycles. The normalized spacial score (nSPS) is 17.1. The zero-order valence-electron chi connectivity index (χ0n) is 16.2. The minimum absolute atomic E-state index is 0.191. The Morgan fingerprint density at radius 3 is 2.30 bits per heavy atom. The predicted octanol–water partition coefficient (Wildman–Crippen LogP) is 4.05. The predicted molar refractivity (Wildman–Crippen MR) is 108 cm³/mol. The standard InChI is InChI=1S/C24H19NO5/c26-23(24(8-9-24)16-5-7-20-22(11-16)30-14-28-20)12-17-2-1-3-18(25-17)15-4-6-19-21(10-15)29-13-27-19/h1-7,10-11H,8-9,12-14H2. The van der Waals surface area contributed by atoms with Crippen molar-refractivity contribution in [2.45, 2.75) is 24.7 Å². The summed E-state index contributed by atoms with van der Waals surface area (Å²) in [5.41, 5.74) is 3.08. The van der Waals surface area contributed by atoms with Crippen molar-refractivity contribution in [3.63, 3.8) is 0 Å². The van der Waals surface area contributed by atoms with Gasteiger partial charge in [0.1, 0.15) is 5.78 Å². The quantitative estimate of drug-likeness (QED) is 0.643. The lowest BCUT2D eigenvalue weighted by molar-refractivity contribution is -0.120. The van der Waals surface area contributed by atoms with Gasteiger partial charge in [-0.05, 0) is 60.9 Å². The molecule has 0 amide bonds. The number of benzene rings is 2. The van der Waals surface area contributed by atoms with Gasteiger partial charge in [-0.25, -0.2) is 0 Å². The number of aromatic nitrogens is 1. The number of carbonyl (C=O) groups is 1. The van der Waals surface area contributed by atoms with Crippen LogP contribution < -0.4 is 18.9 Å². The van der Waals surface area contributed by atoms with Crippen molar-refractivity contribution in [1.82, 2.24) is 4.98 Å². The third-order valence-electron chi connectivity index (χ3n) is 6.03. The van der Waals surface area contributed by atoms with Gasteiger partial charge >= 0.3 is 0 Å². The molecule has 0 radical (unpaired) electrons. The molecule has 1 aromatic heterocycles. The largest absolute Gasteiger partial charge is 0.454 e. The number of hydrogen-bond acceptors (Lipinski definition) is 6. The summed E-state index contributed by atoms with van der Waals surface area (Å²) in [6.45, 7) is 0.471. The third kappa shape index (κ3) is 2.79. The first-order chi connectivity index (χ1) is 14.7. The Balaban J connectivity index is 1.25. The molecular weight excluding hydrogens is 382 g/mol. The zero-order valence-corrected chi connectivity index (χ0v) is 16.2. The molecule has 3 heterocycles. The molecule has 6 heteroatoms. The minimum atomic E-state index is -0.433. The van der Waals surface area contributed by atoms with E-state index in [0.717, 1.165) is 58.4 Å². The van der Waals surface area contributed by atoms with E-state index < -0.39 is 5.41 Å². The average Bonchev–Trinajstić information content (AvgIpc) is 3.23. The van der Waals surface area contributed by atoms with Crippen LogP contribution in [0.15, 0.2) is 54.6 Å². The van der Waals surface area contributed by atoms with E-state index in [2.05, 4.69) is 0 Å². The van der Waals surface area contributed by atoms with E-state index in [-0.39, 0.29) is 19.4 Å². The molecule has 3 aliphatic rings. The molecule has 0 N–H and O–H groups in total. The van der Waals surface area contributed by atoms with Crippen LogP contribution in [-0.4, -0.2) is 24.4 Å². The number of ketones is 1. The second-order valence-corrected chi connectivity index (χ2v) is 7.83. The molecule has 150 valence electrons. The lowest BCUT2D eigenvalue weighted by Crippen LogP contribution is -2.23. The number of Topliss-reactive ketones (excluding diaryl/α,β-unsaturated/α-hetero) is 1. The van der Waals surface area contributed by atoms with Gasteiger partial charge in [-0.15, -0.1) is 0 Å². The molecule has 0 bridgehead atoms. The number of fused-ring (bicyclic) bond motifs is 2. The van der Waals surface area contributed by atoms with Crippen molar-refractivity contribution in [3.8, 4) is 34.3 Å². The second kappa shape index (κ2) is 6.49. The number of ether oxygens (including phenoxy) is 4. The van der Waals surface area contributed by atoms with Gasteiger partial charge in [0.2, 0.25) is 13.6 Å². The summed E-state index contributed by atoms with van der Waals surface area (Å²) in [7, 11) is 0. The number of nitrogens with zero attached hydrogens (tertiary/aromatic N) is 1. The van der Waals surface area contributed by atoms with Gasteiger partial charge in [-0.2, -0.15) is 0 Å². The van der Waals surface area contributed by atoms with Crippen molar-refractivity contribution >= 4 is 5.78 Å². The Hall–Kier alpha value is -3.54. The number of carbonyl (C=O) groups excluding carboxylic acids is 1. The Morgan fingerprint density at radius 1 is 0.833 bits per heavy atom. The van der Waals surface area contributed by atoms with Gasteiger partial charge in [0, 0.05) is 17.7 Å². The maximum atomic E-state index is 13.2. The van der Waals surface area contributed by atoms with Crippen LogP contribution in [0.25, 0.3) is 11.3 Å². The fourth-order valence-electron chi connectivity index (χ4n) is 4.18. The summed E-state index contributed by atoms with van der Waals surface area (Å²) < 4.78 is 21.7. The van der Waals surface area contributed by atoms with Gasteiger partial charge in [-0.3, -0.25) is 9.78 Å². The molecule has 0 saturated heterocycles. The molecular formula is C24H19NO5. The maximum Gasteiger partial charge on any atom is 0.231 e. The Labute approximate surface area is 173 Å². The fourth-order valence-corrected chi connectivity index (χ4v) is 4.18. The van der Waals surface area contributed by atoms with E-state index in [0.29, 0.717) is 6.42 Å². The lowest BCUT2D eigenvalue weighted by Gasteiger charge is -2.15. The fraction of sp³-hybridized carbons (Fsp3) is 0.250. The molecule has 1 saturated carbocycles. The highest BCUT2D eigenvalue weighted by atomic mass is 16.7. The zero-order chi connectivity index (χ0) is 20.1. The minimum Gasteiger partial charge on any atom is -0.454 e. The summed E-state index contributed by atoms with van der Waals surface area (Å²) >= 11 is 0. The molecule has 3 aromatic rings. The Kier molecular flexibility index (Phi) is 3.75. The van der Waals surface area contributed by atoms with Crippen LogP contribution in [-0.2, 0) is 16.6 Å². The highest BCUT2D eigenvalue weighted by Crippen LogP contribution is 2.51. The van der Waals surface area contributed by atoms with Crippen LogP contribution in [0.5, 0.6) is 23.0 Å². The van der Waals surface area contributed by atoms with Gasteiger partial charge in [-0.1, -0.05) is 12.1 Å². The van der Waals surface area contributed by atoms with Crippen LogP contribution in [0.1, 0.15) is 24.1 Å². The van der Waals surface area contributed by atoms with Crippen LogP contribution in [0.2, 0.25) is 0 Å². The van der Waals surface area contributed by atoms with E-state index >= 15 is 0 Å². The first-order valence-electron chi connectivity index (χ1n) is 10.0. The molecule has 1 fully saturated rings. The van der Waals surface area contributed by atoms with Crippen LogP contribution in [0.3, 0.4) is 0 Å². The molecule has 6 rings (SSSR count). The van der Waals surface area contributed by atoms with Gasteiger partial charge in [0.25, 0.3) is 0 Å². The summed E-state index contributed by atoms with van der Waals surface area (Å²) in [6, 6.07) is 17.4. The lowest BCUT2D eigenvalue weighted by atomic mass is 9.88. The van der Waals surface area contributed by atoms with Crippen molar-refractivity contribution in [2.24, 2.45) is 0 Å². The van der Waals surface area contributed by atoms with E-state index in [1.807, 2.05) is 54.6 Å². The SMILES string of the molecule is O=C(Cc1cccc(-c2ccc3c(c2)OCO3)n1)C1(c2ccc3c(c2)OCO3)CC1. The number of pyridine rings is 1. The molecule has 0 spiro atoms. The Bertz CT molecular complexity index is 1170. The summed E-state index contributed by atoms with van der Waals surface area (Å²) in [5.74, 6) is 3.10. The molecule has 30 heavy (non-hydrogen) atoms. The van der Waals surface area contributed by atoms with Crippen LogP contribution in [0, 0.1) is 0 Å². The molecule has 0 atom stereocenters. The number of rotatable bonds is 5. The average molecular weight is 401 g/mol. The molecule has 6 nitrogen and oxygen atoms in total. The summed E-state index contributed by atoms with van der Waals surface area (Å²) in [6.07, 6.45) is 2.01. The van der Waals surface area contributed by atoms with Gasteiger partial charge in [0.05, 0.1) is 11.1 Å². The number of hydrogen-bond donors (Lipinski definition) is 0. The highest BCUT2D eigenvalue weighted by Gasteiger charge is 2.51. The van der Waals surface area contributed by atoms with Crippen molar-refractivity contribution in [1.29, 1.82) is 0 Å². The third-order valence-corrected chi connectivity index (χ3v) is 6.03. The van der Waals surface area contributed by atoms with Crippen molar-refractivity contribution in [3.05, 3.63) is 65.9 Å². The first kappa shape index (κ1) is 17.3. The van der Waals surface area contributed by atoms with Gasteiger partial charge in [0.15, 0.2) is 23.0 Å².